The van der Waals surface area contributed by atoms with Gasteiger partial charge in [-0.1, -0.05) is 68.4 Å². The molecule has 1 heterocycles. The Hall–Kier alpha value is -2.12. The van der Waals surface area contributed by atoms with Crippen LogP contribution in [0, 0.1) is 0 Å². The van der Waals surface area contributed by atoms with Crippen molar-refractivity contribution >= 4 is 31.5 Å². The lowest BCUT2D eigenvalue weighted by atomic mass is 9.82. The van der Waals surface area contributed by atoms with Gasteiger partial charge in [0.1, 0.15) is 0 Å². The summed E-state index contributed by atoms with van der Waals surface area (Å²) in [6.45, 7) is 4.69. The summed E-state index contributed by atoms with van der Waals surface area (Å²) in [5, 5.41) is 2.78. The van der Waals surface area contributed by atoms with Crippen LogP contribution < -0.4 is 0 Å². The van der Waals surface area contributed by atoms with Gasteiger partial charge in [0, 0.05) is 31.2 Å². The molecule has 1 aromatic heterocycles. The topological polar surface area (TPSA) is 0 Å². The Morgan fingerprint density at radius 1 is 0.727 bits per heavy atom. The summed E-state index contributed by atoms with van der Waals surface area (Å²) >= 11 is 1.93. The van der Waals surface area contributed by atoms with Crippen molar-refractivity contribution in [2.75, 3.05) is 0 Å². The molecule has 1 aliphatic rings. The van der Waals surface area contributed by atoms with E-state index in [0.29, 0.717) is 0 Å². The maximum atomic E-state index is 2.34. The van der Waals surface area contributed by atoms with Crippen LogP contribution in [0.25, 0.3) is 31.3 Å². The fraction of sp³-hybridized carbons (Fsp3) is 0.143. The first kappa shape index (κ1) is 12.4. The van der Waals surface area contributed by atoms with Gasteiger partial charge in [-0.2, -0.15) is 0 Å². The highest BCUT2D eigenvalue weighted by Gasteiger charge is 2.36. The molecular weight excluding hydrogens is 284 g/mol. The Labute approximate surface area is 134 Å². The average Bonchev–Trinajstić information content (AvgIpc) is 3.02. The predicted molar refractivity (Wildman–Crippen MR) is 96.9 cm³/mol. The first-order valence-electron chi connectivity index (χ1n) is 7.72. The molecule has 1 heteroatoms. The molecule has 0 unspecified atom stereocenters. The molecule has 3 aromatic carbocycles. The smallest absolute Gasteiger partial charge is 0.0437 e. The standard InChI is InChI=1S/C21H16S/c1-21(2)16-9-5-3-8-15(16)19-17(21)12-11-14-13-7-4-6-10-18(13)22-20(14)19/h3-12H,1-2H3. The van der Waals surface area contributed by atoms with E-state index in [4.69, 9.17) is 0 Å². The number of fused-ring (bicyclic) bond motifs is 7. The molecule has 0 bridgehead atoms. The van der Waals surface area contributed by atoms with E-state index in [9.17, 15) is 0 Å². The Balaban J connectivity index is 2.02. The van der Waals surface area contributed by atoms with Crippen molar-refractivity contribution in [3.05, 3.63) is 71.8 Å². The maximum absolute atomic E-state index is 2.34. The summed E-state index contributed by atoms with van der Waals surface area (Å²) in [5.41, 5.74) is 5.89. The first-order chi connectivity index (χ1) is 10.7. The molecule has 0 fully saturated rings. The van der Waals surface area contributed by atoms with E-state index in [1.165, 1.54) is 42.4 Å². The number of benzene rings is 3. The van der Waals surface area contributed by atoms with Gasteiger partial charge in [0.25, 0.3) is 0 Å². The van der Waals surface area contributed by atoms with E-state index in [1.807, 2.05) is 11.3 Å². The molecule has 0 amide bonds. The van der Waals surface area contributed by atoms with Crippen LogP contribution in [-0.4, -0.2) is 0 Å². The monoisotopic (exact) mass is 300 g/mol. The van der Waals surface area contributed by atoms with Gasteiger partial charge in [-0.3, -0.25) is 0 Å². The molecule has 4 aromatic rings. The Morgan fingerprint density at radius 2 is 1.50 bits per heavy atom. The number of hydrogen-bond acceptors (Lipinski definition) is 1. The van der Waals surface area contributed by atoms with E-state index in [2.05, 4.69) is 74.5 Å². The minimum Gasteiger partial charge on any atom is -0.135 e. The van der Waals surface area contributed by atoms with Crippen molar-refractivity contribution in [1.29, 1.82) is 0 Å². The lowest BCUT2D eigenvalue weighted by Crippen LogP contribution is -2.14. The zero-order valence-corrected chi connectivity index (χ0v) is 13.5. The molecule has 0 spiro atoms. The average molecular weight is 300 g/mol. The molecule has 106 valence electrons. The van der Waals surface area contributed by atoms with Crippen molar-refractivity contribution in [3.8, 4) is 11.1 Å². The lowest BCUT2D eigenvalue weighted by molar-refractivity contribution is 0.661. The Kier molecular flexibility index (Phi) is 2.26. The normalized spacial score (nSPS) is 15.2. The minimum atomic E-state index is 0.0935. The summed E-state index contributed by atoms with van der Waals surface area (Å²) in [4.78, 5) is 0. The van der Waals surface area contributed by atoms with Crippen LogP contribution in [0.1, 0.15) is 25.0 Å². The van der Waals surface area contributed by atoms with Gasteiger partial charge in [0.2, 0.25) is 0 Å². The van der Waals surface area contributed by atoms with Gasteiger partial charge in [-0.05, 0) is 22.8 Å². The highest BCUT2D eigenvalue weighted by molar-refractivity contribution is 7.26. The van der Waals surface area contributed by atoms with Crippen LogP contribution in [0.3, 0.4) is 0 Å². The van der Waals surface area contributed by atoms with Crippen molar-refractivity contribution in [2.24, 2.45) is 0 Å². The second kappa shape index (κ2) is 3.99. The van der Waals surface area contributed by atoms with Crippen LogP contribution in [0.4, 0.5) is 0 Å². The third-order valence-corrected chi connectivity index (χ3v) is 6.29. The largest absolute Gasteiger partial charge is 0.135 e. The zero-order chi connectivity index (χ0) is 14.9. The first-order valence-corrected chi connectivity index (χ1v) is 8.54. The summed E-state index contributed by atoms with van der Waals surface area (Å²) in [5.74, 6) is 0. The molecule has 22 heavy (non-hydrogen) atoms. The van der Waals surface area contributed by atoms with E-state index in [-0.39, 0.29) is 5.41 Å². The molecule has 0 saturated heterocycles. The summed E-state index contributed by atoms with van der Waals surface area (Å²) in [6, 6.07) is 22.3. The predicted octanol–water partition coefficient (Wildman–Crippen LogP) is 6.36. The molecule has 0 radical (unpaired) electrons. The Bertz CT molecular complexity index is 1050. The fourth-order valence-corrected chi connectivity index (χ4v) is 5.23. The third-order valence-electron chi connectivity index (χ3n) is 5.09. The van der Waals surface area contributed by atoms with Gasteiger partial charge in [-0.25, -0.2) is 0 Å². The lowest BCUT2D eigenvalue weighted by Gasteiger charge is -2.21. The summed E-state index contributed by atoms with van der Waals surface area (Å²) in [6.07, 6.45) is 0. The molecule has 5 rings (SSSR count). The van der Waals surface area contributed by atoms with Crippen LogP contribution >= 0.6 is 11.3 Å². The maximum Gasteiger partial charge on any atom is 0.0437 e. The molecular formula is C21H16S. The van der Waals surface area contributed by atoms with Gasteiger partial charge in [0.15, 0.2) is 0 Å². The molecule has 1 aliphatic carbocycles. The quantitative estimate of drug-likeness (QED) is 0.354. The van der Waals surface area contributed by atoms with Crippen molar-refractivity contribution in [1.82, 2.24) is 0 Å². The van der Waals surface area contributed by atoms with Gasteiger partial charge in [0.05, 0.1) is 0 Å². The second-order valence-corrected chi connectivity index (χ2v) is 7.69. The van der Waals surface area contributed by atoms with E-state index in [1.54, 1.807) is 0 Å². The van der Waals surface area contributed by atoms with Crippen LogP contribution in [0.15, 0.2) is 60.7 Å². The van der Waals surface area contributed by atoms with Gasteiger partial charge in [-0.15, -0.1) is 11.3 Å². The van der Waals surface area contributed by atoms with Gasteiger partial charge < -0.3 is 0 Å². The molecule has 0 aliphatic heterocycles. The van der Waals surface area contributed by atoms with Crippen LogP contribution in [0.5, 0.6) is 0 Å². The fourth-order valence-electron chi connectivity index (χ4n) is 3.97. The third kappa shape index (κ3) is 1.37. The van der Waals surface area contributed by atoms with Gasteiger partial charge >= 0.3 is 0 Å². The molecule has 0 saturated carbocycles. The molecule has 0 nitrogen and oxygen atoms in total. The van der Waals surface area contributed by atoms with Crippen molar-refractivity contribution in [3.63, 3.8) is 0 Å². The summed E-state index contributed by atoms with van der Waals surface area (Å²) < 4.78 is 2.82. The highest BCUT2D eigenvalue weighted by atomic mass is 32.1. The van der Waals surface area contributed by atoms with Crippen molar-refractivity contribution < 1.29 is 0 Å². The molecule has 0 atom stereocenters. The Morgan fingerprint density at radius 3 is 2.41 bits per heavy atom. The molecule has 0 N–H and O–H groups in total. The SMILES string of the molecule is CC1(C)c2ccccc2-c2c1ccc1c2sc2ccccc21. The number of hydrogen-bond donors (Lipinski definition) is 0. The second-order valence-electron chi connectivity index (χ2n) is 6.63. The minimum absolute atomic E-state index is 0.0935. The summed E-state index contributed by atoms with van der Waals surface area (Å²) in [7, 11) is 0. The van der Waals surface area contributed by atoms with Crippen molar-refractivity contribution in [2.45, 2.75) is 19.3 Å². The number of thiophene rings is 1. The zero-order valence-electron chi connectivity index (χ0n) is 12.7. The van der Waals surface area contributed by atoms with E-state index in [0.717, 1.165) is 0 Å². The van der Waals surface area contributed by atoms with E-state index < -0.39 is 0 Å². The van der Waals surface area contributed by atoms with Crippen LogP contribution in [0.2, 0.25) is 0 Å². The number of rotatable bonds is 0. The van der Waals surface area contributed by atoms with Crippen LogP contribution in [-0.2, 0) is 5.41 Å². The highest BCUT2D eigenvalue weighted by Crippen LogP contribution is 2.53. The van der Waals surface area contributed by atoms with E-state index >= 15 is 0 Å².